The standard InChI is InChI=1S/C52H101NO5/c1-6-11-16-20-24-28-34-48(35-29-25-21-17-12-7-2)51(55)57-44-46-41-47(43-50(42-46)53(38-15-10-5)39-32-33-40-54)45-58-52(56)49(36-30-26-22-18-13-8-3)37-31-27-23-19-14-9-4/h46-50,54H,6-45H2,1-5H3/t46-,47+,50?. The fraction of sp³-hybridized carbons (Fsp3) is 0.962. The number of hydrogen-bond acceptors (Lipinski definition) is 6. The monoisotopic (exact) mass is 820 g/mol. The molecular weight excluding hydrogens is 719 g/mol. The maximum Gasteiger partial charge on any atom is 0.308 e. The molecule has 1 fully saturated rings. The van der Waals surface area contributed by atoms with Crippen LogP contribution in [0.1, 0.15) is 259 Å². The lowest BCUT2D eigenvalue weighted by molar-refractivity contribution is -0.152. The van der Waals surface area contributed by atoms with E-state index in [1.54, 1.807) is 0 Å². The number of ether oxygens (including phenoxy) is 2. The van der Waals surface area contributed by atoms with Gasteiger partial charge in [0.1, 0.15) is 0 Å². The fourth-order valence-corrected chi connectivity index (χ4v) is 9.44. The number of aliphatic hydroxyl groups excluding tert-OH is 1. The lowest BCUT2D eigenvalue weighted by atomic mass is 9.78. The van der Waals surface area contributed by atoms with Crippen molar-refractivity contribution in [3.05, 3.63) is 0 Å². The van der Waals surface area contributed by atoms with E-state index in [0.717, 1.165) is 109 Å². The van der Waals surface area contributed by atoms with Crippen LogP contribution in [0.5, 0.6) is 0 Å². The summed E-state index contributed by atoms with van der Waals surface area (Å²) >= 11 is 0. The molecule has 0 amide bonds. The Morgan fingerprint density at radius 3 is 1.12 bits per heavy atom. The van der Waals surface area contributed by atoms with Crippen molar-refractivity contribution in [1.29, 1.82) is 0 Å². The largest absolute Gasteiger partial charge is 0.465 e. The summed E-state index contributed by atoms with van der Waals surface area (Å²) in [6.07, 6.45) is 40.9. The highest BCUT2D eigenvalue weighted by atomic mass is 16.5. The number of rotatable bonds is 42. The number of hydrogen-bond donors (Lipinski definition) is 1. The Morgan fingerprint density at radius 2 is 0.776 bits per heavy atom. The summed E-state index contributed by atoms with van der Waals surface area (Å²) in [7, 11) is 0. The quantitative estimate of drug-likeness (QED) is 0.0488. The van der Waals surface area contributed by atoms with Crippen molar-refractivity contribution in [3.8, 4) is 0 Å². The average molecular weight is 820 g/mol. The van der Waals surface area contributed by atoms with Gasteiger partial charge in [-0.3, -0.25) is 9.59 Å². The van der Waals surface area contributed by atoms with Crippen molar-refractivity contribution in [2.45, 2.75) is 265 Å². The topological polar surface area (TPSA) is 76.1 Å². The lowest BCUT2D eigenvalue weighted by Gasteiger charge is -2.41. The minimum absolute atomic E-state index is 0.0169. The molecule has 1 N–H and O–H groups in total. The zero-order chi connectivity index (χ0) is 42.3. The number of esters is 2. The van der Waals surface area contributed by atoms with Crippen LogP contribution in [0.3, 0.4) is 0 Å². The van der Waals surface area contributed by atoms with Gasteiger partial charge in [-0.15, -0.1) is 0 Å². The Hall–Kier alpha value is -1.14. The Labute approximate surface area is 361 Å². The third-order valence-corrected chi connectivity index (χ3v) is 13.3. The molecule has 344 valence electrons. The molecular formula is C52H101NO5. The van der Waals surface area contributed by atoms with Crippen molar-refractivity contribution in [2.75, 3.05) is 32.9 Å². The van der Waals surface area contributed by atoms with E-state index < -0.39 is 0 Å². The predicted molar refractivity (Wildman–Crippen MR) is 248 cm³/mol. The molecule has 0 aliphatic heterocycles. The zero-order valence-electron chi connectivity index (χ0n) is 39.7. The van der Waals surface area contributed by atoms with Crippen LogP contribution in [-0.2, 0) is 19.1 Å². The van der Waals surface area contributed by atoms with Gasteiger partial charge in [-0.1, -0.05) is 195 Å². The van der Waals surface area contributed by atoms with Gasteiger partial charge in [0.05, 0.1) is 25.0 Å². The summed E-state index contributed by atoms with van der Waals surface area (Å²) < 4.78 is 12.6. The van der Waals surface area contributed by atoms with Gasteiger partial charge < -0.3 is 19.5 Å². The molecule has 0 bridgehead atoms. The molecule has 1 rings (SSSR count). The van der Waals surface area contributed by atoms with Gasteiger partial charge in [-0.25, -0.2) is 0 Å². The highest BCUT2D eigenvalue weighted by Gasteiger charge is 2.34. The highest BCUT2D eigenvalue weighted by Crippen LogP contribution is 2.34. The molecule has 0 aromatic heterocycles. The maximum atomic E-state index is 13.8. The molecule has 1 aliphatic carbocycles. The van der Waals surface area contributed by atoms with E-state index in [1.807, 2.05) is 0 Å². The van der Waals surface area contributed by atoms with Gasteiger partial charge in [0, 0.05) is 12.6 Å². The molecule has 1 aliphatic rings. The third kappa shape index (κ3) is 29.2. The lowest BCUT2D eigenvalue weighted by Crippen LogP contribution is -2.44. The molecule has 58 heavy (non-hydrogen) atoms. The van der Waals surface area contributed by atoms with Gasteiger partial charge in [-0.05, 0) is 89.1 Å². The Bertz CT molecular complexity index is 820. The summed E-state index contributed by atoms with van der Waals surface area (Å²) in [5.41, 5.74) is 0. The molecule has 0 heterocycles. The van der Waals surface area contributed by atoms with Crippen LogP contribution in [0.25, 0.3) is 0 Å². The Morgan fingerprint density at radius 1 is 0.448 bits per heavy atom. The molecule has 0 aromatic carbocycles. The minimum Gasteiger partial charge on any atom is -0.465 e. The first kappa shape index (κ1) is 54.9. The second kappa shape index (κ2) is 40.0. The van der Waals surface area contributed by atoms with E-state index >= 15 is 0 Å². The molecule has 3 atom stereocenters. The average Bonchev–Trinajstić information content (AvgIpc) is 3.23. The molecule has 0 radical (unpaired) electrons. The summed E-state index contributed by atoms with van der Waals surface area (Å²) in [6.45, 7) is 14.6. The van der Waals surface area contributed by atoms with Crippen molar-refractivity contribution < 1.29 is 24.2 Å². The second-order valence-corrected chi connectivity index (χ2v) is 18.8. The zero-order valence-corrected chi connectivity index (χ0v) is 39.7. The highest BCUT2D eigenvalue weighted by molar-refractivity contribution is 5.72. The van der Waals surface area contributed by atoms with Gasteiger partial charge in [0.2, 0.25) is 0 Å². The van der Waals surface area contributed by atoms with Crippen LogP contribution < -0.4 is 0 Å². The SMILES string of the molecule is CCCCCCCCC(CCCCCCCC)C(=O)OC[C@@H]1CC(N(CCCC)CCCCO)C[C@H](COC(=O)C(CCCCCCCC)CCCCCCCC)C1. The normalized spacial score (nSPS) is 17.2. The number of carbonyl (C=O) groups is 2. The fourth-order valence-electron chi connectivity index (χ4n) is 9.44. The van der Waals surface area contributed by atoms with E-state index in [0.29, 0.717) is 19.3 Å². The van der Waals surface area contributed by atoms with Gasteiger partial charge in [0.25, 0.3) is 0 Å². The van der Waals surface area contributed by atoms with Gasteiger partial charge in [-0.2, -0.15) is 0 Å². The number of unbranched alkanes of at least 4 members (excludes halogenated alkanes) is 22. The van der Waals surface area contributed by atoms with Gasteiger partial charge in [0.15, 0.2) is 0 Å². The molecule has 0 spiro atoms. The van der Waals surface area contributed by atoms with Crippen molar-refractivity contribution in [2.24, 2.45) is 23.7 Å². The first-order valence-electron chi connectivity index (χ1n) is 26.1. The number of aliphatic hydroxyl groups is 1. The van der Waals surface area contributed by atoms with Crippen LogP contribution in [0.2, 0.25) is 0 Å². The van der Waals surface area contributed by atoms with Crippen LogP contribution in [-0.4, -0.2) is 60.9 Å². The number of nitrogens with zero attached hydrogens (tertiary/aromatic N) is 1. The van der Waals surface area contributed by atoms with Crippen LogP contribution in [0, 0.1) is 23.7 Å². The van der Waals surface area contributed by atoms with Crippen molar-refractivity contribution in [3.63, 3.8) is 0 Å². The summed E-state index contributed by atoms with van der Waals surface area (Å²) in [5, 5.41) is 9.58. The molecule has 6 heteroatoms. The van der Waals surface area contributed by atoms with Crippen molar-refractivity contribution in [1.82, 2.24) is 4.90 Å². The van der Waals surface area contributed by atoms with E-state index in [1.165, 1.54) is 128 Å². The predicted octanol–water partition coefficient (Wildman–Crippen LogP) is 15.0. The van der Waals surface area contributed by atoms with E-state index in [9.17, 15) is 14.7 Å². The second-order valence-electron chi connectivity index (χ2n) is 18.8. The molecule has 1 saturated carbocycles. The van der Waals surface area contributed by atoms with E-state index in [2.05, 4.69) is 39.5 Å². The van der Waals surface area contributed by atoms with E-state index in [4.69, 9.17) is 9.47 Å². The summed E-state index contributed by atoms with van der Waals surface area (Å²) in [4.78, 5) is 30.3. The summed E-state index contributed by atoms with van der Waals surface area (Å²) in [6, 6.07) is 0.385. The Balaban J connectivity index is 3.01. The molecule has 6 nitrogen and oxygen atoms in total. The third-order valence-electron chi connectivity index (χ3n) is 13.3. The van der Waals surface area contributed by atoms with Crippen LogP contribution in [0.4, 0.5) is 0 Å². The number of carbonyl (C=O) groups excluding carboxylic acids is 2. The smallest absolute Gasteiger partial charge is 0.308 e. The van der Waals surface area contributed by atoms with Gasteiger partial charge >= 0.3 is 11.9 Å². The van der Waals surface area contributed by atoms with Crippen molar-refractivity contribution >= 4 is 11.9 Å². The molecule has 0 saturated heterocycles. The van der Waals surface area contributed by atoms with Crippen LogP contribution in [0.15, 0.2) is 0 Å². The van der Waals surface area contributed by atoms with E-state index in [-0.39, 0.29) is 42.2 Å². The first-order chi connectivity index (χ1) is 28.4. The first-order valence-corrected chi connectivity index (χ1v) is 26.1. The molecule has 0 aromatic rings. The molecule has 1 unspecified atom stereocenters. The minimum atomic E-state index is 0.0169. The maximum absolute atomic E-state index is 13.8. The Kier molecular flexibility index (Phi) is 37.8. The summed E-state index contributed by atoms with van der Waals surface area (Å²) in [5.74, 6) is 0.653. The van der Waals surface area contributed by atoms with Crippen LogP contribution >= 0.6 is 0 Å².